The molecule has 9 nitrogen and oxygen atoms in total. The van der Waals surface area contributed by atoms with Gasteiger partial charge in [-0.1, -0.05) is 306 Å². The van der Waals surface area contributed by atoms with E-state index in [1.54, 1.807) is 0 Å². The van der Waals surface area contributed by atoms with E-state index in [0.717, 1.165) is 101 Å². The molecule has 17 aromatic carbocycles. The van der Waals surface area contributed by atoms with Crippen LogP contribution < -0.4 is 0 Å². The van der Waals surface area contributed by atoms with Crippen LogP contribution in [0.1, 0.15) is 33.4 Å². The van der Waals surface area contributed by atoms with Gasteiger partial charge in [0.25, 0.3) is 0 Å². The van der Waals surface area contributed by atoms with Crippen molar-refractivity contribution < 1.29 is 0 Å². The molecule has 126 heavy (non-hydrogen) atoms. The lowest BCUT2D eigenvalue weighted by Gasteiger charge is -2.12. The van der Waals surface area contributed by atoms with Gasteiger partial charge >= 0.3 is 0 Å². The fourth-order valence-electron chi connectivity index (χ4n) is 18.8. The SMILES string of the molecule is C=Cc1ccc(-c2nc(-c3ccccc3)nc(-c3ccc(-n4c5ccccc5c5cc6c7ccccc7n(-c7ccc(C=C)cc7)c6cc54)cc3)n2)cc1.C=Cc1ccc(-n2c3ccccc3c3c2ccc2c4ccccc4n(-c4ccc(C=C)cc4)c23)cc1.C=Cc1ccc(-n2c3ccccc3c3c4c5ccccc5n(-c5ccc(C=C)cc5)c4ccc32)cc1. The molecule has 7 aromatic heterocycles. The van der Waals surface area contributed by atoms with Gasteiger partial charge in [0, 0.05) is 115 Å². The summed E-state index contributed by atoms with van der Waals surface area (Å²) in [5, 5.41) is 15.0. The van der Waals surface area contributed by atoms with Gasteiger partial charge in [-0.25, -0.2) is 15.0 Å². The minimum Gasteiger partial charge on any atom is -0.309 e. The zero-order chi connectivity index (χ0) is 84.6. The molecular formula is C117H81N9. The van der Waals surface area contributed by atoms with E-state index < -0.39 is 0 Å². The maximum atomic E-state index is 4.99. The van der Waals surface area contributed by atoms with Crippen molar-refractivity contribution in [2.75, 3.05) is 0 Å². The maximum absolute atomic E-state index is 4.99. The van der Waals surface area contributed by atoms with Crippen LogP contribution in [0.4, 0.5) is 0 Å². The number of rotatable bonds is 15. The highest BCUT2D eigenvalue weighted by Crippen LogP contribution is 2.47. The second kappa shape index (κ2) is 31.2. The maximum Gasteiger partial charge on any atom is 0.164 e. The van der Waals surface area contributed by atoms with Crippen molar-refractivity contribution in [1.29, 1.82) is 0 Å². The summed E-state index contributed by atoms with van der Waals surface area (Å²) in [7, 11) is 0. The van der Waals surface area contributed by atoms with E-state index in [1.165, 1.54) is 114 Å². The van der Waals surface area contributed by atoms with E-state index in [-0.39, 0.29) is 0 Å². The minimum absolute atomic E-state index is 0.620. The summed E-state index contributed by atoms with van der Waals surface area (Å²) >= 11 is 0. The Labute approximate surface area is 728 Å². The van der Waals surface area contributed by atoms with Crippen molar-refractivity contribution >= 4 is 167 Å². The number of aromatic nitrogens is 9. The Morgan fingerprint density at radius 1 is 0.167 bits per heavy atom. The van der Waals surface area contributed by atoms with E-state index in [1.807, 2.05) is 91.1 Å². The van der Waals surface area contributed by atoms with Crippen LogP contribution in [-0.2, 0) is 0 Å². The highest BCUT2D eigenvalue weighted by Gasteiger charge is 2.25. The van der Waals surface area contributed by atoms with Gasteiger partial charge in [-0.3, -0.25) is 0 Å². The van der Waals surface area contributed by atoms with Crippen molar-refractivity contribution in [2.24, 2.45) is 0 Å². The van der Waals surface area contributed by atoms with E-state index in [4.69, 9.17) is 15.0 Å². The molecule has 7 heterocycles. The number of hydrogen-bond donors (Lipinski definition) is 0. The first kappa shape index (κ1) is 75.2. The number of para-hydroxylation sites is 6. The number of benzene rings is 17. The third-order valence-corrected chi connectivity index (χ3v) is 24.8. The molecule has 0 amide bonds. The van der Waals surface area contributed by atoms with Gasteiger partial charge in [0.15, 0.2) is 17.5 Å². The van der Waals surface area contributed by atoms with Crippen LogP contribution in [0.25, 0.3) is 236 Å². The largest absolute Gasteiger partial charge is 0.309 e. The molecule has 0 fully saturated rings. The lowest BCUT2D eigenvalue weighted by Crippen LogP contribution is -2.00. The van der Waals surface area contributed by atoms with Crippen molar-refractivity contribution in [3.63, 3.8) is 0 Å². The fourth-order valence-corrected chi connectivity index (χ4v) is 18.8. The second-order valence-corrected chi connectivity index (χ2v) is 31.7. The zero-order valence-corrected chi connectivity index (χ0v) is 69.1. The fraction of sp³-hybridized carbons (Fsp3) is 0. The molecule has 0 N–H and O–H groups in total. The standard InChI is InChI=1S/C49H33N5.2C34H24N2/c1-3-32-18-22-35(23-19-32)48-50-47(34-12-6-5-7-13-34)51-49(52-48)36-24-28-38(29-25-36)54-44-17-11-9-15-40(44)42-30-41-39-14-8-10-16-43(39)53(45(41)31-46(42)54)37-26-20-33(4-2)21-27-37;1-3-23-13-17-25(18-14-23)35-31-12-8-6-10-29(31)33-32(35)22-21-28-27-9-5-7-11-30(27)36(34(28)33)26-19-15-24(4-2)16-20-26;1-3-23-13-17-25(18-14-23)35-29-11-7-5-9-27(29)33-31(35)21-22-32-34(33)28-10-6-8-12-30(28)36(32)26-19-15-24(4-2)16-20-26/h3-31H,1-2H2;2*3-22H,1-2H2. The average Bonchev–Trinajstić information content (AvgIpc) is 1.55. The normalized spacial score (nSPS) is 11.5. The van der Waals surface area contributed by atoms with Crippen LogP contribution in [0.2, 0.25) is 0 Å². The molecule has 0 atom stereocenters. The summed E-state index contributed by atoms with van der Waals surface area (Å²) in [6, 6.07) is 136. The third kappa shape index (κ3) is 12.6. The van der Waals surface area contributed by atoms with Gasteiger partial charge in [-0.15, -0.1) is 0 Å². The van der Waals surface area contributed by atoms with Crippen LogP contribution >= 0.6 is 0 Å². The van der Waals surface area contributed by atoms with E-state index in [0.29, 0.717) is 17.5 Å². The Morgan fingerprint density at radius 2 is 0.405 bits per heavy atom. The monoisotopic (exact) mass is 1610 g/mol. The highest BCUT2D eigenvalue weighted by molar-refractivity contribution is 6.30. The molecule has 0 aliphatic heterocycles. The average molecular weight is 1610 g/mol. The molecule has 0 radical (unpaired) electrons. The van der Waals surface area contributed by atoms with Gasteiger partial charge in [-0.05, 0) is 185 Å². The lowest BCUT2D eigenvalue weighted by molar-refractivity contribution is 1.07. The van der Waals surface area contributed by atoms with Crippen LogP contribution in [0.15, 0.2) is 422 Å². The van der Waals surface area contributed by atoms with Gasteiger partial charge < -0.3 is 27.4 Å². The second-order valence-electron chi connectivity index (χ2n) is 31.7. The Kier molecular flexibility index (Phi) is 18.6. The third-order valence-electron chi connectivity index (χ3n) is 24.8. The number of fused-ring (bicyclic) bond motifs is 20. The first-order chi connectivity index (χ1) is 62.2. The van der Waals surface area contributed by atoms with Crippen LogP contribution in [0.5, 0.6) is 0 Å². The van der Waals surface area contributed by atoms with E-state index in [9.17, 15) is 0 Å². The van der Waals surface area contributed by atoms with Crippen molar-refractivity contribution in [1.82, 2.24) is 42.4 Å². The molecule has 9 heteroatoms. The van der Waals surface area contributed by atoms with Gasteiger partial charge in [0.2, 0.25) is 0 Å². The van der Waals surface area contributed by atoms with Gasteiger partial charge in [0.05, 0.1) is 66.2 Å². The molecule has 594 valence electrons. The van der Waals surface area contributed by atoms with Crippen LogP contribution in [-0.4, -0.2) is 42.4 Å². The smallest absolute Gasteiger partial charge is 0.164 e. The first-order valence-electron chi connectivity index (χ1n) is 42.4. The summed E-state index contributed by atoms with van der Waals surface area (Å²) in [5.74, 6) is 1.88. The predicted molar refractivity (Wildman–Crippen MR) is 536 cm³/mol. The van der Waals surface area contributed by atoms with E-state index in [2.05, 4.69) is 394 Å². The lowest BCUT2D eigenvalue weighted by atomic mass is 10.1. The Balaban J connectivity index is 0.000000116. The summed E-state index contributed by atoms with van der Waals surface area (Å²) < 4.78 is 14.3. The topological polar surface area (TPSA) is 68.2 Å². The number of hydrogen-bond acceptors (Lipinski definition) is 3. The molecule has 0 saturated carbocycles. The molecule has 0 spiro atoms. The van der Waals surface area contributed by atoms with Crippen molar-refractivity contribution in [3.05, 3.63) is 455 Å². The Hall–Kier alpha value is -17.0. The molecule has 0 bridgehead atoms. The van der Waals surface area contributed by atoms with Crippen molar-refractivity contribution in [2.45, 2.75) is 0 Å². The zero-order valence-electron chi connectivity index (χ0n) is 69.1. The number of nitrogens with zero attached hydrogens (tertiary/aromatic N) is 9. The molecule has 0 saturated heterocycles. The van der Waals surface area contributed by atoms with Crippen LogP contribution in [0.3, 0.4) is 0 Å². The molecule has 0 aliphatic rings. The Morgan fingerprint density at radius 3 is 0.754 bits per heavy atom. The quantitative estimate of drug-likeness (QED) is 0.103. The molecule has 24 rings (SSSR count). The Bertz CT molecular complexity index is 8350. The molecule has 0 unspecified atom stereocenters. The van der Waals surface area contributed by atoms with Crippen molar-refractivity contribution in [3.8, 4) is 68.3 Å². The van der Waals surface area contributed by atoms with E-state index >= 15 is 0 Å². The summed E-state index contributed by atoms with van der Waals surface area (Å²) in [6.07, 6.45) is 11.3. The first-order valence-corrected chi connectivity index (χ1v) is 42.4. The van der Waals surface area contributed by atoms with Gasteiger partial charge in [0.1, 0.15) is 0 Å². The predicted octanol–water partition coefficient (Wildman–Crippen LogP) is 30.7. The van der Waals surface area contributed by atoms with Crippen LogP contribution in [0, 0.1) is 0 Å². The molecule has 24 aromatic rings. The molecular weight excluding hydrogens is 1530 g/mol. The summed E-state index contributed by atoms with van der Waals surface area (Å²) in [6.45, 7) is 23.5. The summed E-state index contributed by atoms with van der Waals surface area (Å²) in [5.41, 5.74) is 30.4. The minimum atomic E-state index is 0.620. The van der Waals surface area contributed by atoms with Gasteiger partial charge in [-0.2, -0.15) is 0 Å². The molecule has 0 aliphatic carbocycles. The highest BCUT2D eigenvalue weighted by atomic mass is 15.1. The summed E-state index contributed by atoms with van der Waals surface area (Å²) in [4.78, 5) is 14.9.